The minimum Gasteiger partial charge on any atom is -0.496 e. The third kappa shape index (κ3) is 2.38. The minimum atomic E-state index is -1.49. The minimum absolute atomic E-state index is 0.0914. The molecule has 0 amide bonds. The van der Waals surface area contributed by atoms with E-state index in [1.807, 2.05) is 0 Å². The summed E-state index contributed by atoms with van der Waals surface area (Å²) in [5.41, 5.74) is 0.536. The molecule has 0 fully saturated rings. The molecule has 0 saturated carbocycles. The van der Waals surface area contributed by atoms with Gasteiger partial charge in [0.15, 0.2) is 0 Å². The Hall–Kier alpha value is -1.88. The zero-order valence-electron chi connectivity index (χ0n) is 9.02. The molecule has 1 N–H and O–H groups in total. The predicted molar refractivity (Wildman–Crippen MR) is 55.7 cm³/mol. The first-order chi connectivity index (χ1) is 7.61. The van der Waals surface area contributed by atoms with Gasteiger partial charge in [0.2, 0.25) is 0 Å². The quantitative estimate of drug-likeness (QED) is 0.599. The number of ether oxygens (including phenoxy) is 2. The van der Waals surface area contributed by atoms with Crippen molar-refractivity contribution in [3.05, 3.63) is 29.3 Å². The molecular weight excluding hydrogens is 212 g/mol. The van der Waals surface area contributed by atoms with Crippen LogP contribution in [0.3, 0.4) is 0 Å². The van der Waals surface area contributed by atoms with E-state index in [2.05, 4.69) is 0 Å². The second kappa shape index (κ2) is 5.27. The molecule has 1 aromatic rings. The van der Waals surface area contributed by atoms with Gasteiger partial charge in [-0.3, -0.25) is 4.79 Å². The third-order valence-corrected chi connectivity index (χ3v) is 2.08. The summed E-state index contributed by atoms with van der Waals surface area (Å²) >= 11 is 0. The molecule has 0 bridgehead atoms. The summed E-state index contributed by atoms with van der Waals surface area (Å²) in [6, 6.07) is 4.65. The lowest BCUT2D eigenvalue weighted by Crippen LogP contribution is -2.15. The van der Waals surface area contributed by atoms with Crippen molar-refractivity contribution in [3.63, 3.8) is 0 Å². The second-order valence-corrected chi connectivity index (χ2v) is 3.05. The van der Waals surface area contributed by atoms with Crippen molar-refractivity contribution in [1.82, 2.24) is 0 Å². The van der Waals surface area contributed by atoms with Crippen LogP contribution in [0.4, 0.5) is 0 Å². The molecule has 0 aromatic heterocycles. The van der Waals surface area contributed by atoms with Crippen LogP contribution in [0.15, 0.2) is 18.2 Å². The van der Waals surface area contributed by atoms with Gasteiger partial charge in [0.05, 0.1) is 13.7 Å². The van der Waals surface area contributed by atoms with Crippen LogP contribution >= 0.6 is 0 Å². The van der Waals surface area contributed by atoms with Crippen LogP contribution in [-0.4, -0.2) is 31.1 Å². The van der Waals surface area contributed by atoms with Crippen molar-refractivity contribution in [2.24, 2.45) is 0 Å². The number of rotatable bonds is 5. The smallest absolute Gasteiger partial charge is 0.377 e. The van der Waals surface area contributed by atoms with E-state index in [1.165, 1.54) is 20.3 Å². The number of carboxylic acids is 1. The number of carbonyl (C=O) groups excluding carboxylic acids is 1. The van der Waals surface area contributed by atoms with Gasteiger partial charge < -0.3 is 14.6 Å². The van der Waals surface area contributed by atoms with Gasteiger partial charge >= 0.3 is 5.97 Å². The Labute approximate surface area is 92.6 Å². The lowest BCUT2D eigenvalue weighted by atomic mass is 10.0. The zero-order valence-corrected chi connectivity index (χ0v) is 9.02. The van der Waals surface area contributed by atoms with Crippen LogP contribution in [0, 0.1) is 0 Å². The molecule has 5 nitrogen and oxygen atoms in total. The largest absolute Gasteiger partial charge is 0.496 e. The third-order valence-electron chi connectivity index (χ3n) is 2.08. The summed E-state index contributed by atoms with van der Waals surface area (Å²) in [6.07, 6.45) is 0. The van der Waals surface area contributed by atoms with E-state index < -0.39 is 11.8 Å². The highest BCUT2D eigenvalue weighted by molar-refractivity contribution is 6.40. The van der Waals surface area contributed by atoms with Gasteiger partial charge in [-0.1, -0.05) is 12.1 Å². The fourth-order valence-electron chi connectivity index (χ4n) is 1.38. The molecule has 0 aliphatic carbocycles. The Bertz CT molecular complexity index is 411. The summed E-state index contributed by atoms with van der Waals surface area (Å²) < 4.78 is 9.96. The van der Waals surface area contributed by atoms with Crippen LogP contribution < -0.4 is 4.74 Å². The van der Waals surface area contributed by atoms with Crippen molar-refractivity contribution in [3.8, 4) is 5.75 Å². The van der Waals surface area contributed by atoms with Gasteiger partial charge in [0, 0.05) is 18.2 Å². The first kappa shape index (κ1) is 12.2. The topological polar surface area (TPSA) is 72.8 Å². The van der Waals surface area contributed by atoms with Crippen molar-refractivity contribution in [1.29, 1.82) is 0 Å². The average molecular weight is 224 g/mol. The maximum absolute atomic E-state index is 11.4. The monoisotopic (exact) mass is 224 g/mol. The highest BCUT2D eigenvalue weighted by Crippen LogP contribution is 2.23. The number of carbonyl (C=O) groups is 2. The van der Waals surface area contributed by atoms with Crippen LogP contribution in [0.2, 0.25) is 0 Å². The van der Waals surface area contributed by atoms with Gasteiger partial charge in [-0.05, 0) is 6.07 Å². The molecule has 16 heavy (non-hydrogen) atoms. The lowest BCUT2D eigenvalue weighted by molar-refractivity contribution is -0.131. The van der Waals surface area contributed by atoms with E-state index in [-0.39, 0.29) is 12.2 Å². The van der Waals surface area contributed by atoms with E-state index >= 15 is 0 Å². The Morgan fingerprint density at radius 2 is 2.00 bits per heavy atom. The molecule has 0 atom stereocenters. The fourth-order valence-corrected chi connectivity index (χ4v) is 1.38. The number of Topliss-reactive ketones (excluding diaryl/α,β-unsaturated/α-hetero) is 1. The number of hydrogen-bond donors (Lipinski definition) is 1. The highest BCUT2D eigenvalue weighted by Gasteiger charge is 2.20. The van der Waals surface area contributed by atoms with Gasteiger partial charge in [0.25, 0.3) is 5.78 Å². The maximum Gasteiger partial charge on any atom is 0.377 e. The summed E-state index contributed by atoms with van der Waals surface area (Å²) in [5, 5.41) is 8.66. The summed E-state index contributed by atoms with van der Waals surface area (Å²) in [4.78, 5) is 22.0. The van der Waals surface area contributed by atoms with Crippen LogP contribution in [0.25, 0.3) is 0 Å². The van der Waals surface area contributed by atoms with Crippen LogP contribution in [0.1, 0.15) is 15.9 Å². The van der Waals surface area contributed by atoms with E-state index in [0.717, 1.165) is 0 Å². The number of methoxy groups -OCH3 is 2. The molecule has 0 heterocycles. The highest BCUT2D eigenvalue weighted by atomic mass is 16.5. The number of aliphatic carboxylic acids is 1. The van der Waals surface area contributed by atoms with Crippen molar-refractivity contribution in [2.75, 3.05) is 14.2 Å². The van der Waals surface area contributed by atoms with E-state index in [1.54, 1.807) is 12.1 Å². The summed E-state index contributed by atoms with van der Waals surface area (Å²) in [5.74, 6) is -2.02. The average Bonchev–Trinajstić information content (AvgIpc) is 2.28. The fraction of sp³-hybridized carbons (Fsp3) is 0.273. The molecular formula is C11H12O5. The van der Waals surface area contributed by atoms with Crippen molar-refractivity contribution >= 4 is 11.8 Å². The molecule has 0 aliphatic rings. The number of ketones is 1. The van der Waals surface area contributed by atoms with Crippen LogP contribution in [0.5, 0.6) is 5.75 Å². The first-order valence-corrected chi connectivity index (χ1v) is 4.54. The molecule has 0 unspecified atom stereocenters. The van der Waals surface area contributed by atoms with Gasteiger partial charge in [-0.15, -0.1) is 0 Å². The Morgan fingerprint density at radius 1 is 1.31 bits per heavy atom. The lowest BCUT2D eigenvalue weighted by Gasteiger charge is -2.10. The number of carboxylic acid groups (broad SMARTS) is 1. The predicted octanol–water partition coefficient (Wildman–Crippen LogP) is 1.11. The Morgan fingerprint density at radius 3 is 2.50 bits per heavy atom. The van der Waals surface area contributed by atoms with Gasteiger partial charge in [-0.2, -0.15) is 0 Å². The Balaban J connectivity index is 3.26. The van der Waals surface area contributed by atoms with E-state index in [4.69, 9.17) is 14.6 Å². The van der Waals surface area contributed by atoms with Crippen molar-refractivity contribution in [2.45, 2.75) is 6.61 Å². The molecule has 86 valence electrons. The van der Waals surface area contributed by atoms with Crippen molar-refractivity contribution < 1.29 is 24.2 Å². The molecule has 5 heteroatoms. The summed E-state index contributed by atoms with van der Waals surface area (Å²) in [6.45, 7) is 0.123. The van der Waals surface area contributed by atoms with Crippen LogP contribution in [-0.2, 0) is 16.1 Å². The maximum atomic E-state index is 11.4. The Kier molecular flexibility index (Phi) is 4.02. The molecule has 1 aromatic carbocycles. The molecule has 0 spiro atoms. The molecule has 1 rings (SSSR count). The zero-order chi connectivity index (χ0) is 12.1. The first-order valence-electron chi connectivity index (χ1n) is 4.54. The van der Waals surface area contributed by atoms with Gasteiger partial charge in [0.1, 0.15) is 5.75 Å². The standard InChI is InChI=1S/C11H12O5/c1-15-6-8-7(10(12)11(13)14)4-3-5-9(8)16-2/h3-5H,6H2,1-2H3,(H,13,14). The number of hydrogen-bond acceptors (Lipinski definition) is 4. The normalized spacial score (nSPS) is 9.88. The number of benzene rings is 1. The van der Waals surface area contributed by atoms with E-state index in [0.29, 0.717) is 11.3 Å². The molecule has 0 saturated heterocycles. The molecule has 0 aliphatic heterocycles. The molecule has 0 radical (unpaired) electrons. The summed E-state index contributed by atoms with van der Waals surface area (Å²) in [7, 11) is 2.91. The second-order valence-electron chi connectivity index (χ2n) is 3.05. The van der Waals surface area contributed by atoms with Gasteiger partial charge in [-0.25, -0.2) is 4.79 Å². The van der Waals surface area contributed by atoms with E-state index in [9.17, 15) is 9.59 Å². The SMILES string of the molecule is COCc1c(OC)cccc1C(=O)C(=O)O.